The Kier molecular flexibility index (Phi) is 7.24. The third-order valence-electron chi connectivity index (χ3n) is 5.54. The number of carboxylic acid groups (broad SMARTS) is 1. The third kappa shape index (κ3) is 5.30. The number of hydrogen-bond acceptors (Lipinski definition) is 11. The molecule has 0 saturated carbocycles. The third-order valence-corrected chi connectivity index (χ3v) is 7.53. The average molecular weight is 585 g/mol. The van der Waals surface area contributed by atoms with Crippen molar-refractivity contribution in [3.05, 3.63) is 90.0 Å². The summed E-state index contributed by atoms with van der Waals surface area (Å²) in [5.41, 5.74) is 0.433. The van der Waals surface area contributed by atoms with Crippen LogP contribution in [0.25, 0.3) is 11.3 Å². The Labute approximate surface area is 232 Å². The molecule has 0 atom stereocenters. The molecule has 0 spiro atoms. The fraction of sp³-hybridized carbons (Fsp3) is 0.125. The summed E-state index contributed by atoms with van der Waals surface area (Å²) in [7, 11) is 0. The molecule has 198 valence electrons. The summed E-state index contributed by atoms with van der Waals surface area (Å²) in [6.45, 7) is 1.42. The second kappa shape index (κ2) is 10.8. The number of carbonyl (C=O) groups excluding carboxylic acids is 2. The number of aromatic carboxylic acids is 1. The van der Waals surface area contributed by atoms with Crippen molar-refractivity contribution >= 4 is 57.8 Å². The molecule has 0 bridgehead atoms. The van der Waals surface area contributed by atoms with Crippen LogP contribution in [0.1, 0.15) is 41.2 Å². The van der Waals surface area contributed by atoms with E-state index < -0.39 is 35.3 Å². The van der Waals surface area contributed by atoms with Crippen molar-refractivity contribution in [2.24, 2.45) is 0 Å². The fourth-order valence-corrected chi connectivity index (χ4v) is 5.44. The summed E-state index contributed by atoms with van der Waals surface area (Å²) < 4.78 is 7.66. The number of nitrogens with one attached hydrogen (secondary N) is 1. The maximum Gasteiger partial charge on any atom is 0.342 e. The summed E-state index contributed by atoms with van der Waals surface area (Å²) >= 11 is 8.50. The minimum atomic E-state index is -1.51. The van der Waals surface area contributed by atoms with E-state index >= 15 is 0 Å². The van der Waals surface area contributed by atoms with Crippen LogP contribution in [-0.2, 0) is 13.1 Å². The van der Waals surface area contributed by atoms with E-state index in [9.17, 15) is 24.3 Å². The van der Waals surface area contributed by atoms with Gasteiger partial charge in [0.2, 0.25) is 5.78 Å². The molecule has 0 saturated heterocycles. The molecule has 0 aromatic carbocycles. The van der Waals surface area contributed by atoms with Crippen molar-refractivity contribution in [2.45, 2.75) is 20.0 Å². The van der Waals surface area contributed by atoms with Gasteiger partial charge < -0.3 is 19.4 Å². The average Bonchev–Trinajstić information content (AvgIpc) is 3.71. The van der Waals surface area contributed by atoms with E-state index in [-0.39, 0.29) is 23.0 Å². The Balaban J connectivity index is 1.58. The van der Waals surface area contributed by atoms with Gasteiger partial charge in [-0.25, -0.2) is 9.78 Å². The van der Waals surface area contributed by atoms with E-state index in [1.807, 2.05) is 6.07 Å². The molecule has 0 radical (unpaired) electrons. The highest BCUT2D eigenvalue weighted by molar-refractivity contribution is 7.16. The number of anilines is 1. The van der Waals surface area contributed by atoms with Gasteiger partial charge in [0.1, 0.15) is 22.5 Å². The lowest BCUT2D eigenvalue weighted by molar-refractivity contribution is 0.0693. The molecule has 0 amide bonds. The van der Waals surface area contributed by atoms with E-state index in [1.54, 1.807) is 13.0 Å². The normalized spacial score (nSPS) is 11.0. The van der Waals surface area contributed by atoms with Crippen LogP contribution in [0.4, 0.5) is 5.82 Å². The number of thiophene rings is 1. The number of halogens is 1. The highest BCUT2D eigenvalue weighted by Crippen LogP contribution is 2.29. The van der Waals surface area contributed by atoms with Gasteiger partial charge in [0.05, 0.1) is 41.0 Å². The highest BCUT2D eigenvalue weighted by atomic mass is 35.5. The second-order valence-electron chi connectivity index (χ2n) is 8.12. The first-order valence-electron chi connectivity index (χ1n) is 11.1. The van der Waals surface area contributed by atoms with E-state index in [2.05, 4.69) is 20.4 Å². The second-order valence-corrected chi connectivity index (χ2v) is 10.8. The Morgan fingerprint density at radius 3 is 2.72 bits per heavy atom. The van der Waals surface area contributed by atoms with Crippen molar-refractivity contribution in [2.75, 3.05) is 5.32 Å². The van der Waals surface area contributed by atoms with Crippen LogP contribution in [0.15, 0.2) is 57.8 Å². The predicted molar refractivity (Wildman–Crippen MR) is 143 cm³/mol. The number of nitrogens with zero attached hydrogens (tertiary/aromatic N) is 5. The number of pyridine rings is 1. The van der Waals surface area contributed by atoms with E-state index in [0.717, 1.165) is 25.5 Å². The lowest BCUT2D eigenvalue weighted by Gasteiger charge is -2.12. The molecule has 0 aliphatic heterocycles. The lowest BCUT2D eigenvalue weighted by atomic mass is 10.0. The van der Waals surface area contributed by atoms with Crippen molar-refractivity contribution in [3.63, 3.8) is 0 Å². The standard InChI is InChI=1S/C24H17ClN6O6S2/c1-12-9-30(10-15(32)21-27-4-5-37-21)23(34)20(24(35)36)19(12)14-6-18(28-7-13-2-3-17(25)39-13)31(29-14)22(33)16-8-26-11-38-16/h2-6,8-9,11,28H,7,10H2,1H3,(H,35,36). The molecule has 12 nitrogen and oxygen atoms in total. The summed E-state index contributed by atoms with van der Waals surface area (Å²) in [4.78, 5) is 60.1. The Hall–Kier alpha value is -4.40. The number of oxazole rings is 1. The maximum atomic E-state index is 13.2. The molecular weight excluding hydrogens is 568 g/mol. The van der Waals surface area contributed by atoms with Gasteiger partial charge in [0.25, 0.3) is 17.4 Å². The molecule has 5 aromatic heterocycles. The zero-order valence-corrected chi connectivity index (χ0v) is 22.3. The number of Topliss-reactive ketones (excluding diaryl/α,β-unsaturated/α-hetero) is 1. The number of thiazole rings is 1. The van der Waals surface area contributed by atoms with Crippen molar-refractivity contribution in [3.8, 4) is 11.3 Å². The lowest BCUT2D eigenvalue weighted by Crippen LogP contribution is -2.30. The summed E-state index contributed by atoms with van der Waals surface area (Å²) in [5, 5.41) is 17.5. The van der Waals surface area contributed by atoms with Crippen molar-refractivity contribution in [1.29, 1.82) is 0 Å². The smallest absolute Gasteiger partial charge is 0.342 e. The zero-order valence-electron chi connectivity index (χ0n) is 20.0. The summed E-state index contributed by atoms with van der Waals surface area (Å²) in [6.07, 6.45) is 5.26. The first-order chi connectivity index (χ1) is 18.7. The van der Waals surface area contributed by atoms with E-state index in [1.165, 1.54) is 47.8 Å². The highest BCUT2D eigenvalue weighted by Gasteiger charge is 2.27. The van der Waals surface area contributed by atoms with Gasteiger partial charge in [-0.05, 0) is 24.6 Å². The SMILES string of the molecule is Cc1cn(CC(=O)c2ncco2)c(=O)c(C(=O)O)c1-c1cc(NCc2ccc(Cl)s2)n(C(=O)c2cncs2)n1. The first kappa shape index (κ1) is 26.2. The molecule has 0 unspecified atom stereocenters. The van der Waals surface area contributed by atoms with Crippen LogP contribution in [-0.4, -0.2) is 47.1 Å². The molecule has 0 aliphatic carbocycles. The largest absolute Gasteiger partial charge is 0.477 e. The van der Waals surface area contributed by atoms with Crippen molar-refractivity contribution < 1.29 is 23.9 Å². The quantitative estimate of drug-likeness (QED) is 0.241. The van der Waals surface area contributed by atoms with Gasteiger partial charge in [-0.15, -0.1) is 22.7 Å². The summed E-state index contributed by atoms with van der Waals surface area (Å²) in [6, 6.07) is 5.07. The van der Waals surface area contributed by atoms with Crippen LogP contribution in [0.3, 0.4) is 0 Å². The topological polar surface area (TPSA) is 162 Å². The van der Waals surface area contributed by atoms with Gasteiger partial charge in [0.15, 0.2) is 0 Å². The molecule has 39 heavy (non-hydrogen) atoms. The number of carboxylic acids is 1. The molecule has 0 fully saturated rings. The number of aryl methyl sites for hydroxylation is 1. The molecule has 15 heteroatoms. The van der Waals surface area contributed by atoms with Crippen LogP contribution in [0.2, 0.25) is 4.34 Å². The van der Waals surface area contributed by atoms with Gasteiger partial charge in [-0.3, -0.25) is 19.4 Å². The number of hydrogen-bond donors (Lipinski definition) is 2. The predicted octanol–water partition coefficient (Wildman–Crippen LogP) is 4.06. The van der Waals surface area contributed by atoms with Crippen LogP contribution in [0.5, 0.6) is 0 Å². The first-order valence-corrected chi connectivity index (χ1v) is 13.2. The Morgan fingerprint density at radius 2 is 2.08 bits per heavy atom. The van der Waals surface area contributed by atoms with E-state index in [0.29, 0.717) is 21.3 Å². The van der Waals surface area contributed by atoms with Gasteiger partial charge in [-0.1, -0.05) is 11.6 Å². The Morgan fingerprint density at radius 1 is 1.26 bits per heavy atom. The van der Waals surface area contributed by atoms with Gasteiger partial charge in [-0.2, -0.15) is 9.78 Å². The van der Waals surface area contributed by atoms with Crippen molar-refractivity contribution in [1.82, 2.24) is 24.3 Å². The molecule has 2 N–H and O–H groups in total. The number of aromatic nitrogens is 5. The fourth-order valence-electron chi connectivity index (χ4n) is 3.87. The minimum Gasteiger partial charge on any atom is -0.477 e. The maximum absolute atomic E-state index is 13.2. The zero-order chi connectivity index (χ0) is 27.7. The number of ketones is 1. The van der Waals surface area contributed by atoms with E-state index in [4.69, 9.17) is 16.0 Å². The Bertz CT molecular complexity index is 1750. The monoisotopic (exact) mass is 584 g/mol. The summed E-state index contributed by atoms with van der Waals surface area (Å²) in [5.74, 6) is -2.54. The molecule has 5 rings (SSSR count). The molecule has 0 aliphatic rings. The minimum absolute atomic E-state index is 0.0189. The molecular formula is C24H17ClN6O6S2. The van der Waals surface area contributed by atoms with Gasteiger partial charge >= 0.3 is 5.97 Å². The van der Waals surface area contributed by atoms with Gasteiger partial charge in [0, 0.05) is 22.7 Å². The van der Waals surface area contributed by atoms with Crippen LogP contribution in [0, 0.1) is 6.92 Å². The van der Waals surface area contributed by atoms with Crippen LogP contribution >= 0.6 is 34.3 Å². The number of rotatable bonds is 9. The van der Waals surface area contributed by atoms with Crippen LogP contribution < -0.4 is 10.9 Å². The molecule has 5 aromatic rings. The molecule has 5 heterocycles. The number of carbonyl (C=O) groups is 3.